The molecule has 154 valence electrons. The van der Waals surface area contributed by atoms with Crippen LogP contribution in [-0.2, 0) is 0 Å². The Balaban J connectivity index is 1.48. The van der Waals surface area contributed by atoms with Gasteiger partial charge in [-0.3, -0.25) is 0 Å². The van der Waals surface area contributed by atoms with Gasteiger partial charge in [0, 0.05) is 25.5 Å². The standard InChI is InChI=1S/C23H37N5/c1-4-5-6-9-16-24-17-18-12-14-19(15-13-18)25-23-26-21-11-8-7-10-20(21)22(27-23)28(2)3/h7-8,10-11,18-19,24H,4-6,9,12-17H2,1-3H3,(H,25,26,27)/t18-,19+. The lowest BCUT2D eigenvalue weighted by Gasteiger charge is -2.29. The van der Waals surface area contributed by atoms with Gasteiger partial charge in [0.1, 0.15) is 5.82 Å². The van der Waals surface area contributed by atoms with Crippen LogP contribution in [0.5, 0.6) is 0 Å². The number of fused-ring (bicyclic) bond motifs is 1. The van der Waals surface area contributed by atoms with E-state index in [4.69, 9.17) is 9.97 Å². The van der Waals surface area contributed by atoms with Crippen molar-refractivity contribution in [1.82, 2.24) is 15.3 Å². The number of rotatable bonds is 10. The van der Waals surface area contributed by atoms with Crippen molar-refractivity contribution in [3.05, 3.63) is 24.3 Å². The molecule has 0 spiro atoms. The van der Waals surface area contributed by atoms with E-state index in [2.05, 4.69) is 34.6 Å². The van der Waals surface area contributed by atoms with Crippen molar-refractivity contribution >= 4 is 22.7 Å². The van der Waals surface area contributed by atoms with Crippen molar-refractivity contribution in [1.29, 1.82) is 0 Å². The van der Waals surface area contributed by atoms with Crippen LogP contribution in [0.4, 0.5) is 11.8 Å². The molecule has 28 heavy (non-hydrogen) atoms. The van der Waals surface area contributed by atoms with Gasteiger partial charge in [-0.1, -0.05) is 38.3 Å². The summed E-state index contributed by atoms with van der Waals surface area (Å²) in [5, 5.41) is 8.38. The number of aromatic nitrogens is 2. The minimum atomic E-state index is 0.483. The Hall–Kier alpha value is -1.88. The summed E-state index contributed by atoms with van der Waals surface area (Å²) in [6, 6.07) is 8.73. The molecule has 1 aromatic heterocycles. The molecule has 0 bridgehead atoms. The van der Waals surface area contributed by atoms with E-state index >= 15 is 0 Å². The minimum Gasteiger partial charge on any atom is -0.362 e. The van der Waals surface area contributed by atoms with Crippen LogP contribution in [0.25, 0.3) is 10.9 Å². The summed E-state index contributed by atoms with van der Waals surface area (Å²) in [5.74, 6) is 2.56. The van der Waals surface area contributed by atoms with E-state index in [0.29, 0.717) is 6.04 Å². The number of hydrogen-bond acceptors (Lipinski definition) is 5. The van der Waals surface area contributed by atoms with Crippen molar-refractivity contribution in [3.63, 3.8) is 0 Å². The molecule has 0 amide bonds. The molecule has 5 heteroatoms. The molecule has 1 aliphatic rings. The molecule has 2 aromatic rings. The zero-order chi connectivity index (χ0) is 19.8. The predicted molar refractivity (Wildman–Crippen MR) is 120 cm³/mol. The van der Waals surface area contributed by atoms with Gasteiger partial charge in [0.25, 0.3) is 0 Å². The molecule has 1 fully saturated rings. The Labute approximate surface area is 170 Å². The summed E-state index contributed by atoms with van der Waals surface area (Å²) >= 11 is 0. The number of para-hydroxylation sites is 1. The molecule has 0 saturated heterocycles. The summed E-state index contributed by atoms with van der Waals surface area (Å²) in [6.07, 6.45) is 10.3. The number of benzene rings is 1. The lowest BCUT2D eigenvalue weighted by Crippen LogP contribution is -2.32. The van der Waals surface area contributed by atoms with Crippen LogP contribution in [0.15, 0.2) is 24.3 Å². The van der Waals surface area contributed by atoms with Crippen LogP contribution in [0, 0.1) is 5.92 Å². The van der Waals surface area contributed by atoms with Gasteiger partial charge in [0.15, 0.2) is 0 Å². The Morgan fingerprint density at radius 2 is 1.79 bits per heavy atom. The normalized spacial score (nSPS) is 19.7. The topological polar surface area (TPSA) is 53.1 Å². The average molecular weight is 384 g/mol. The summed E-state index contributed by atoms with van der Waals surface area (Å²) < 4.78 is 0. The van der Waals surface area contributed by atoms with Crippen molar-refractivity contribution in [3.8, 4) is 0 Å². The van der Waals surface area contributed by atoms with E-state index in [1.807, 2.05) is 26.2 Å². The quantitative estimate of drug-likeness (QED) is 0.575. The number of nitrogens with zero attached hydrogens (tertiary/aromatic N) is 3. The van der Waals surface area contributed by atoms with Crippen molar-refractivity contribution in [2.24, 2.45) is 5.92 Å². The highest BCUT2D eigenvalue weighted by Gasteiger charge is 2.22. The zero-order valence-electron chi connectivity index (χ0n) is 17.9. The lowest BCUT2D eigenvalue weighted by atomic mass is 9.86. The molecule has 1 heterocycles. The van der Waals surface area contributed by atoms with Gasteiger partial charge < -0.3 is 15.5 Å². The number of nitrogens with one attached hydrogen (secondary N) is 2. The third-order valence-electron chi connectivity index (χ3n) is 5.83. The second-order valence-electron chi connectivity index (χ2n) is 8.41. The molecule has 1 aromatic carbocycles. The maximum atomic E-state index is 4.79. The molecule has 0 radical (unpaired) electrons. The molecule has 0 unspecified atom stereocenters. The molecule has 3 rings (SSSR count). The number of hydrogen-bond donors (Lipinski definition) is 2. The van der Waals surface area contributed by atoms with Crippen LogP contribution < -0.4 is 15.5 Å². The first-order valence-corrected chi connectivity index (χ1v) is 11.1. The zero-order valence-corrected chi connectivity index (χ0v) is 17.9. The van der Waals surface area contributed by atoms with Gasteiger partial charge in [-0.25, -0.2) is 4.98 Å². The first-order chi connectivity index (χ1) is 13.7. The summed E-state index contributed by atoms with van der Waals surface area (Å²) in [4.78, 5) is 11.6. The van der Waals surface area contributed by atoms with E-state index in [-0.39, 0.29) is 0 Å². The van der Waals surface area contributed by atoms with Gasteiger partial charge in [-0.15, -0.1) is 0 Å². The van der Waals surface area contributed by atoms with Gasteiger partial charge in [-0.2, -0.15) is 4.98 Å². The second kappa shape index (κ2) is 10.6. The largest absolute Gasteiger partial charge is 0.362 e. The van der Waals surface area contributed by atoms with Crippen LogP contribution in [0.3, 0.4) is 0 Å². The van der Waals surface area contributed by atoms with Gasteiger partial charge in [0.05, 0.1) is 5.52 Å². The Morgan fingerprint density at radius 3 is 2.54 bits per heavy atom. The number of unbranched alkanes of at least 4 members (excludes halogenated alkanes) is 3. The summed E-state index contributed by atoms with van der Waals surface area (Å²) in [7, 11) is 4.08. The van der Waals surface area contributed by atoms with Crippen LogP contribution in [0.1, 0.15) is 58.3 Å². The highest BCUT2D eigenvalue weighted by Crippen LogP contribution is 2.28. The summed E-state index contributed by atoms with van der Waals surface area (Å²) in [5.41, 5.74) is 1.00. The fourth-order valence-electron chi connectivity index (χ4n) is 4.14. The Morgan fingerprint density at radius 1 is 1.00 bits per heavy atom. The lowest BCUT2D eigenvalue weighted by molar-refractivity contribution is 0.323. The molecule has 1 saturated carbocycles. The summed E-state index contributed by atoms with van der Waals surface area (Å²) in [6.45, 7) is 4.62. The Bertz CT molecular complexity index is 722. The highest BCUT2D eigenvalue weighted by atomic mass is 15.2. The molecule has 1 aliphatic carbocycles. The van der Waals surface area contributed by atoms with Gasteiger partial charge >= 0.3 is 0 Å². The smallest absolute Gasteiger partial charge is 0.225 e. The SMILES string of the molecule is CCCCCCNC[C@H]1CC[C@@H](Nc2nc(N(C)C)c3ccccc3n2)CC1. The second-order valence-corrected chi connectivity index (χ2v) is 8.41. The predicted octanol–water partition coefficient (Wildman–Crippen LogP) is 4.84. The monoisotopic (exact) mass is 383 g/mol. The maximum absolute atomic E-state index is 4.79. The minimum absolute atomic E-state index is 0.483. The molecule has 0 aliphatic heterocycles. The van der Waals surface area contributed by atoms with Crippen LogP contribution >= 0.6 is 0 Å². The van der Waals surface area contributed by atoms with E-state index in [0.717, 1.165) is 28.6 Å². The first kappa shape index (κ1) is 20.8. The van der Waals surface area contributed by atoms with Gasteiger partial charge in [-0.05, 0) is 63.2 Å². The fourth-order valence-corrected chi connectivity index (χ4v) is 4.14. The maximum Gasteiger partial charge on any atom is 0.225 e. The van der Waals surface area contributed by atoms with Gasteiger partial charge in [0.2, 0.25) is 5.95 Å². The molecule has 2 N–H and O–H groups in total. The fraction of sp³-hybridized carbons (Fsp3) is 0.652. The third kappa shape index (κ3) is 5.81. The molecular formula is C23H37N5. The van der Waals surface area contributed by atoms with Crippen LogP contribution in [0.2, 0.25) is 0 Å². The molecule has 5 nitrogen and oxygen atoms in total. The van der Waals surface area contributed by atoms with E-state index in [1.165, 1.54) is 64.5 Å². The first-order valence-electron chi connectivity index (χ1n) is 11.1. The van der Waals surface area contributed by atoms with Crippen molar-refractivity contribution in [2.75, 3.05) is 37.4 Å². The van der Waals surface area contributed by atoms with Crippen molar-refractivity contribution in [2.45, 2.75) is 64.3 Å². The highest BCUT2D eigenvalue weighted by molar-refractivity contribution is 5.90. The van der Waals surface area contributed by atoms with Crippen LogP contribution in [-0.4, -0.2) is 43.2 Å². The number of anilines is 2. The van der Waals surface area contributed by atoms with E-state index in [9.17, 15) is 0 Å². The Kier molecular flexibility index (Phi) is 7.90. The average Bonchev–Trinajstić information content (AvgIpc) is 2.71. The van der Waals surface area contributed by atoms with E-state index < -0.39 is 0 Å². The third-order valence-corrected chi connectivity index (χ3v) is 5.83. The molecular weight excluding hydrogens is 346 g/mol. The molecule has 0 atom stereocenters. The van der Waals surface area contributed by atoms with Crippen molar-refractivity contribution < 1.29 is 0 Å². The van der Waals surface area contributed by atoms with E-state index in [1.54, 1.807) is 0 Å².